The first-order chi connectivity index (χ1) is 5.66. The van der Waals surface area contributed by atoms with Crippen LogP contribution in [0.4, 0.5) is 0 Å². The first-order valence-electron chi connectivity index (χ1n) is 3.59. The Balaban J connectivity index is 3.31. The van der Waals surface area contributed by atoms with Crippen molar-refractivity contribution in [1.29, 1.82) is 0 Å². The lowest BCUT2D eigenvalue weighted by Gasteiger charge is -1.99. The van der Waals surface area contributed by atoms with Gasteiger partial charge in [-0.25, -0.2) is 0 Å². The average Bonchev–Trinajstić information content (AvgIpc) is 2.00. The van der Waals surface area contributed by atoms with Crippen LogP contribution in [-0.4, -0.2) is 29.8 Å². The summed E-state index contributed by atoms with van der Waals surface area (Å²) in [5.74, 6) is -1.24. The van der Waals surface area contributed by atoms with Crippen LogP contribution in [0.3, 0.4) is 0 Å². The molecule has 0 heterocycles. The lowest BCUT2D eigenvalue weighted by molar-refractivity contribution is -0.137. The van der Waals surface area contributed by atoms with Gasteiger partial charge in [0.1, 0.15) is 6.29 Å². The Morgan fingerprint density at radius 2 is 2.00 bits per heavy atom. The summed E-state index contributed by atoms with van der Waals surface area (Å²) in [5.41, 5.74) is 0. The highest BCUT2D eigenvalue weighted by molar-refractivity contribution is 5.78. The third-order valence-corrected chi connectivity index (χ3v) is 1.15. The monoisotopic (exact) mass is 173 g/mol. The standard InChI is InChI=1S/C7H11NO4/c9-5-1-2-6(10)8-4-3-7(11)12/h5H,1-4H2,(H,8,10)(H,11,12). The number of hydrogen-bond donors (Lipinski definition) is 2. The maximum Gasteiger partial charge on any atom is 0.305 e. The lowest BCUT2D eigenvalue weighted by atomic mass is 10.3. The molecule has 0 rings (SSSR count). The van der Waals surface area contributed by atoms with Crippen LogP contribution >= 0.6 is 0 Å². The van der Waals surface area contributed by atoms with Gasteiger partial charge in [-0.1, -0.05) is 0 Å². The van der Waals surface area contributed by atoms with Crippen molar-refractivity contribution in [3.63, 3.8) is 0 Å². The fourth-order valence-electron chi connectivity index (χ4n) is 0.587. The van der Waals surface area contributed by atoms with Gasteiger partial charge in [0.05, 0.1) is 6.42 Å². The largest absolute Gasteiger partial charge is 0.481 e. The summed E-state index contributed by atoms with van der Waals surface area (Å²) >= 11 is 0. The fraction of sp³-hybridized carbons (Fsp3) is 0.571. The van der Waals surface area contributed by atoms with Crippen molar-refractivity contribution in [1.82, 2.24) is 5.32 Å². The van der Waals surface area contributed by atoms with Crippen molar-refractivity contribution in [2.75, 3.05) is 6.54 Å². The van der Waals surface area contributed by atoms with Gasteiger partial charge in [0.25, 0.3) is 0 Å². The predicted molar refractivity (Wildman–Crippen MR) is 40.6 cm³/mol. The van der Waals surface area contributed by atoms with Gasteiger partial charge >= 0.3 is 5.97 Å². The predicted octanol–water partition coefficient (Wildman–Crippen LogP) is -0.444. The van der Waals surface area contributed by atoms with Crippen LogP contribution in [0.2, 0.25) is 0 Å². The maximum absolute atomic E-state index is 10.7. The van der Waals surface area contributed by atoms with Gasteiger partial charge in [0.2, 0.25) is 5.91 Å². The summed E-state index contributed by atoms with van der Waals surface area (Å²) in [6.45, 7) is 0.118. The van der Waals surface area contributed by atoms with E-state index in [1.165, 1.54) is 0 Å². The van der Waals surface area contributed by atoms with Crippen LogP contribution in [0.5, 0.6) is 0 Å². The first kappa shape index (κ1) is 10.6. The van der Waals surface area contributed by atoms with E-state index in [2.05, 4.69) is 5.32 Å². The second-order valence-electron chi connectivity index (χ2n) is 2.20. The third kappa shape index (κ3) is 6.73. The molecule has 0 aliphatic carbocycles. The van der Waals surface area contributed by atoms with Gasteiger partial charge in [-0.2, -0.15) is 0 Å². The van der Waals surface area contributed by atoms with Crippen LogP contribution in [0.15, 0.2) is 0 Å². The van der Waals surface area contributed by atoms with Crippen molar-refractivity contribution < 1.29 is 19.5 Å². The molecule has 12 heavy (non-hydrogen) atoms. The van der Waals surface area contributed by atoms with Crippen LogP contribution in [0.25, 0.3) is 0 Å². The van der Waals surface area contributed by atoms with Crippen molar-refractivity contribution in [3.05, 3.63) is 0 Å². The number of hydrogen-bond acceptors (Lipinski definition) is 3. The van der Waals surface area contributed by atoms with E-state index in [1.54, 1.807) is 0 Å². The Morgan fingerprint density at radius 1 is 1.33 bits per heavy atom. The molecule has 0 aliphatic rings. The molecule has 68 valence electrons. The number of carbonyl (C=O) groups is 3. The molecule has 0 aromatic carbocycles. The summed E-state index contributed by atoms with van der Waals surface area (Å²) in [5, 5.41) is 10.6. The van der Waals surface area contributed by atoms with Gasteiger partial charge in [-0.15, -0.1) is 0 Å². The molecule has 0 saturated heterocycles. The molecule has 0 aromatic heterocycles. The maximum atomic E-state index is 10.7. The Labute approximate surface area is 69.8 Å². The van der Waals surface area contributed by atoms with Crippen molar-refractivity contribution in [2.45, 2.75) is 19.3 Å². The van der Waals surface area contributed by atoms with Crippen LogP contribution < -0.4 is 5.32 Å². The van der Waals surface area contributed by atoms with Gasteiger partial charge in [-0.3, -0.25) is 9.59 Å². The molecule has 5 nitrogen and oxygen atoms in total. The van der Waals surface area contributed by atoms with Crippen molar-refractivity contribution in [3.8, 4) is 0 Å². The normalized spacial score (nSPS) is 9.00. The number of amides is 1. The molecule has 0 bridgehead atoms. The van der Waals surface area contributed by atoms with E-state index in [0.717, 1.165) is 0 Å². The highest BCUT2D eigenvalue weighted by Gasteiger charge is 2.01. The van der Waals surface area contributed by atoms with E-state index in [9.17, 15) is 14.4 Å². The second-order valence-corrected chi connectivity index (χ2v) is 2.20. The highest BCUT2D eigenvalue weighted by Crippen LogP contribution is 1.84. The molecule has 0 aromatic rings. The number of nitrogens with one attached hydrogen (secondary N) is 1. The second kappa shape index (κ2) is 6.33. The molecule has 2 N–H and O–H groups in total. The SMILES string of the molecule is O=CCCC(=O)NCCC(=O)O. The van der Waals surface area contributed by atoms with Gasteiger partial charge in [0.15, 0.2) is 0 Å². The lowest BCUT2D eigenvalue weighted by Crippen LogP contribution is -2.25. The molecule has 0 aliphatic heterocycles. The summed E-state index contributed by atoms with van der Waals surface area (Å²) in [4.78, 5) is 30.5. The zero-order valence-electron chi connectivity index (χ0n) is 6.58. The minimum absolute atomic E-state index is 0.0904. The van der Waals surface area contributed by atoms with Gasteiger partial charge < -0.3 is 15.2 Å². The fourth-order valence-corrected chi connectivity index (χ4v) is 0.587. The summed E-state index contributed by atoms with van der Waals surface area (Å²) in [6.07, 6.45) is 0.867. The quantitative estimate of drug-likeness (QED) is 0.533. The number of aliphatic carboxylic acids is 1. The van der Waals surface area contributed by atoms with E-state index in [-0.39, 0.29) is 31.7 Å². The van der Waals surface area contributed by atoms with E-state index < -0.39 is 5.97 Å². The number of carbonyl (C=O) groups excluding carboxylic acids is 2. The third-order valence-electron chi connectivity index (χ3n) is 1.15. The van der Waals surface area contributed by atoms with E-state index in [0.29, 0.717) is 6.29 Å². The molecular weight excluding hydrogens is 162 g/mol. The van der Waals surface area contributed by atoms with Gasteiger partial charge in [0, 0.05) is 19.4 Å². The van der Waals surface area contributed by atoms with Crippen molar-refractivity contribution >= 4 is 18.2 Å². The number of carboxylic acids is 1. The molecule has 5 heteroatoms. The Hall–Kier alpha value is -1.39. The molecule has 0 fully saturated rings. The molecule has 0 radical (unpaired) electrons. The molecule has 0 saturated carbocycles. The Kier molecular flexibility index (Phi) is 5.60. The van der Waals surface area contributed by atoms with Crippen LogP contribution in [-0.2, 0) is 14.4 Å². The summed E-state index contributed by atoms with van der Waals surface area (Å²) in [6, 6.07) is 0. The summed E-state index contributed by atoms with van der Waals surface area (Å²) < 4.78 is 0. The molecule has 0 spiro atoms. The molecule has 0 unspecified atom stereocenters. The molecule has 0 atom stereocenters. The van der Waals surface area contributed by atoms with Crippen molar-refractivity contribution in [2.24, 2.45) is 0 Å². The van der Waals surface area contributed by atoms with E-state index >= 15 is 0 Å². The molecular formula is C7H11NO4. The number of rotatable bonds is 6. The first-order valence-corrected chi connectivity index (χ1v) is 3.59. The topological polar surface area (TPSA) is 83.5 Å². The summed E-state index contributed by atoms with van der Waals surface area (Å²) in [7, 11) is 0. The number of aldehydes is 1. The molecule has 1 amide bonds. The minimum Gasteiger partial charge on any atom is -0.481 e. The smallest absolute Gasteiger partial charge is 0.305 e. The highest BCUT2D eigenvalue weighted by atomic mass is 16.4. The minimum atomic E-state index is -0.953. The van der Waals surface area contributed by atoms with Crippen LogP contribution in [0, 0.1) is 0 Å². The number of carboxylic acid groups (broad SMARTS) is 1. The Bertz CT molecular complexity index is 178. The zero-order chi connectivity index (χ0) is 9.40. The Morgan fingerprint density at radius 3 is 2.50 bits per heavy atom. The van der Waals surface area contributed by atoms with Gasteiger partial charge in [-0.05, 0) is 0 Å². The zero-order valence-corrected chi connectivity index (χ0v) is 6.58. The van der Waals surface area contributed by atoms with E-state index in [4.69, 9.17) is 5.11 Å². The van der Waals surface area contributed by atoms with E-state index in [1.807, 2.05) is 0 Å². The van der Waals surface area contributed by atoms with Crippen LogP contribution in [0.1, 0.15) is 19.3 Å². The average molecular weight is 173 g/mol.